The second kappa shape index (κ2) is 5.60. The van der Waals surface area contributed by atoms with Gasteiger partial charge in [-0.05, 0) is 43.0 Å². The summed E-state index contributed by atoms with van der Waals surface area (Å²) in [4.78, 5) is 12.5. The van der Waals surface area contributed by atoms with Gasteiger partial charge in [0.25, 0.3) is 0 Å². The molecule has 16 heavy (non-hydrogen) atoms. The normalized spacial score (nSPS) is 14.8. The molecular formula is C12H14ClNOS. The molecule has 0 bridgehead atoms. The molecular weight excluding hydrogens is 242 g/mol. The summed E-state index contributed by atoms with van der Waals surface area (Å²) in [6, 6.07) is 7.54. The minimum Gasteiger partial charge on any atom is -0.355 e. The molecule has 2 nitrogen and oxygen atoms in total. The number of hydrogen-bond donors (Lipinski definition) is 1. The molecule has 0 radical (unpaired) electrons. The molecule has 1 N–H and O–H groups in total. The quantitative estimate of drug-likeness (QED) is 0.820. The number of carbonyl (C=O) groups excluding carboxylic acids is 1. The predicted octanol–water partition coefficient (Wildman–Crippen LogP) is 2.96. The lowest BCUT2D eigenvalue weighted by Gasteiger charge is -2.03. The molecule has 0 atom stereocenters. The van der Waals surface area contributed by atoms with Crippen molar-refractivity contribution in [2.24, 2.45) is 5.92 Å². The Morgan fingerprint density at radius 3 is 2.69 bits per heavy atom. The minimum absolute atomic E-state index is 0.117. The van der Waals surface area contributed by atoms with Crippen molar-refractivity contribution in [1.82, 2.24) is 5.32 Å². The molecule has 1 aliphatic carbocycles. The van der Waals surface area contributed by atoms with E-state index < -0.39 is 0 Å². The number of benzene rings is 1. The molecule has 1 aliphatic rings. The smallest absolute Gasteiger partial charge is 0.230 e. The van der Waals surface area contributed by atoms with Crippen LogP contribution in [0.5, 0.6) is 0 Å². The van der Waals surface area contributed by atoms with E-state index in [4.69, 9.17) is 11.6 Å². The second-order valence-corrected chi connectivity index (χ2v) is 5.48. The van der Waals surface area contributed by atoms with Crippen LogP contribution < -0.4 is 5.32 Å². The third-order valence-corrected chi connectivity index (χ3v) is 3.73. The van der Waals surface area contributed by atoms with E-state index in [1.165, 1.54) is 24.6 Å². The molecule has 1 aromatic carbocycles. The van der Waals surface area contributed by atoms with Crippen molar-refractivity contribution < 1.29 is 4.79 Å². The van der Waals surface area contributed by atoms with E-state index in [9.17, 15) is 4.79 Å². The SMILES string of the molecule is O=C(CSc1ccc(Cl)cc1)NCC1CC1. The molecule has 2 rings (SSSR count). The first-order valence-corrected chi connectivity index (χ1v) is 6.75. The van der Waals surface area contributed by atoms with Crippen LogP contribution in [0.2, 0.25) is 5.02 Å². The molecule has 0 aromatic heterocycles. The van der Waals surface area contributed by atoms with Gasteiger partial charge in [0, 0.05) is 16.5 Å². The molecule has 0 saturated heterocycles. The van der Waals surface area contributed by atoms with Crippen molar-refractivity contribution in [3.63, 3.8) is 0 Å². The van der Waals surface area contributed by atoms with Crippen molar-refractivity contribution in [3.05, 3.63) is 29.3 Å². The molecule has 4 heteroatoms. The van der Waals surface area contributed by atoms with Gasteiger partial charge in [-0.25, -0.2) is 0 Å². The Balaban J connectivity index is 1.69. The van der Waals surface area contributed by atoms with Gasteiger partial charge in [-0.3, -0.25) is 4.79 Å². The fourth-order valence-corrected chi connectivity index (χ4v) is 2.17. The molecule has 0 spiro atoms. The lowest BCUT2D eigenvalue weighted by Crippen LogP contribution is -2.27. The Morgan fingerprint density at radius 2 is 2.06 bits per heavy atom. The average molecular weight is 256 g/mol. The van der Waals surface area contributed by atoms with Crippen molar-refractivity contribution in [3.8, 4) is 0 Å². The van der Waals surface area contributed by atoms with Crippen LogP contribution in [0.15, 0.2) is 29.2 Å². The Hall–Kier alpha value is -0.670. The monoisotopic (exact) mass is 255 g/mol. The maximum Gasteiger partial charge on any atom is 0.230 e. The number of rotatable bonds is 5. The fourth-order valence-electron chi connectivity index (χ4n) is 1.31. The third-order valence-electron chi connectivity index (χ3n) is 2.47. The lowest BCUT2D eigenvalue weighted by atomic mass is 10.4. The van der Waals surface area contributed by atoms with Gasteiger partial charge >= 0.3 is 0 Å². The first kappa shape index (κ1) is 11.8. The summed E-state index contributed by atoms with van der Waals surface area (Å²) in [6.45, 7) is 0.847. The number of hydrogen-bond acceptors (Lipinski definition) is 2. The summed E-state index contributed by atoms with van der Waals surface area (Å²) in [5, 5.41) is 3.66. The van der Waals surface area contributed by atoms with Gasteiger partial charge in [0.05, 0.1) is 5.75 Å². The predicted molar refractivity (Wildman–Crippen MR) is 67.9 cm³/mol. The molecule has 0 aliphatic heterocycles. The Kier molecular flexibility index (Phi) is 4.13. The van der Waals surface area contributed by atoms with Gasteiger partial charge in [-0.15, -0.1) is 11.8 Å². The Morgan fingerprint density at radius 1 is 1.38 bits per heavy atom. The van der Waals surface area contributed by atoms with Crippen LogP contribution in [-0.2, 0) is 4.79 Å². The number of nitrogens with one attached hydrogen (secondary N) is 1. The maximum absolute atomic E-state index is 11.5. The van der Waals surface area contributed by atoms with E-state index in [2.05, 4.69) is 5.32 Å². The number of amides is 1. The molecule has 0 unspecified atom stereocenters. The summed E-state index contributed by atoms with van der Waals surface area (Å²) in [5.41, 5.74) is 0. The lowest BCUT2D eigenvalue weighted by molar-refractivity contribution is -0.118. The van der Waals surface area contributed by atoms with Crippen LogP contribution >= 0.6 is 23.4 Å². The van der Waals surface area contributed by atoms with Gasteiger partial charge in [-0.1, -0.05) is 11.6 Å². The summed E-state index contributed by atoms with van der Waals surface area (Å²) in [5.74, 6) is 1.34. The maximum atomic E-state index is 11.5. The van der Waals surface area contributed by atoms with E-state index in [1.807, 2.05) is 24.3 Å². The molecule has 86 valence electrons. The highest BCUT2D eigenvalue weighted by Gasteiger charge is 2.21. The zero-order chi connectivity index (χ0) is 11.4. The van der Waals surface area contributed by atoms with Crippen molar-refractivity contribution in [1.29, 1.82) is 0 Å². The van der Waals surface area contributed by atoms with Crippen LogP contribution in [0.3, 0.4) is 0 Å². The summed E-state index contributed by atoms with van der Waals surface area (Å²) in [7, 11) is 0. The summed E-state index contributed by atoms with van der Waals surface area (Å²) >= 11 is 7.32. The van der Waals surface area contributed by atoms with Gasteiger partial charge in [-0.2, -0.15) is 0 Å². The molecule has 1 fully saturated rings. The van der Waals surface area contributed by atoms with E-state index in [0.717, 1.165) is 22.4 Å². The van der Waals surface area contributed by atoms with Crippen LogP contribution in [0.25, 0.3) is 0 Å². The standard InChI is InChI=1S/C12H14ClNOS/c13-10-3-5-11(6-4-10)16-8-12(15)14-7-9-1-2-9/h3-6,9H,1-2,7-8H2,(H,14,15). The number of carbonyl (C=O) groups is 1. The highest BCUT2D eigenvalue weighted by Crippen LogP contribution is 2.27. The van der Waals surface area contributed by atoms with Crippen LogP contribution in [-0.4, -0.2) is 18.2 Å². The molecule has 1 aromatic rings. The largest absolute Gasteiger partial charge is 0.355 e. The first-order chi connectivity index (χ1) is 7.74. The van der Waals surface area contributed by atoms with E-state index >= 15 is 0 Å². The van der Waals surface area contributed by atoms with Gasteiger partial charge in [0.1, 0.15) is 0 Å². The van der Waals surface area contributed by atoms with Crippen LogP contribution in [0, 0.1) is 5.92 Å². The highest BCUT2D eigenvalue weighted by atomic mass is 35.5. The first-order valence-electron chi connectivity index (χ1n) is 5.39. The number of halogens is 1. The Labute approximate surface area is 105 Å². The molecule has 0 heterocycles. The third kappa shape index (κ3) is 4.06. The van der Waals surface area contributed by atoms with Crippen LogP contribution in [0.4, 0.5) is 0 Å². The topological polar surface area (TPSA) is 29.1 Å². The minimum atomic E-state index is 0.117. The Bertz CT molecular complexity index is 362. The summed E-state index contributed by atoms with van der Waals surface area (Å²) < 4.78 is 0. The van der Waals surface area contributed by atoms with Gasteiger partial charge in [0.2, 0.25) is 5.91 Å². The summed E-state index contributed by atoms with van der Waals surface area (Å²) in [6.07, 6.45) is 2.54. The highest BCUT2D eigenvalue weighted by molar-refractivity contribution is 8.00. The molecule has 1 saturated carbocycles. The van der Waals surface area contributed by atoms with Crippen LogP contribution in [0.1, 0.15) is 12.8 Å². The van der Waals surface area contributed by atoms with E-state index in [-0.39, 0.29) is 5.91 Å². The van der Waals surface area contributed by atoms with Gasteiger partial charge < -0.3 is 5.32 Å². The van der Waals surface area contributed by atoms with Crippen molar-refractivity contribution in [2.75, 3.05) is 12.3 Å². The van der Waals surface area contributed by atoms with Crippen molar-refractivity contribution in [2.45, 2.75) is 17.7 Å². The second-order valence-electron chi connectivity index (χ2n) is 3.99. The zero-order valence-electron chi connectivity index (χ0n) is 8.91. The zero-order valence-corrected chi connectivity index (χ0v) is 10.5. The molecule has 1 amide bonds. The van der Waals surface area contributed by atoms with Crippen molar-refractivity contribution >= 4 is 29.3 Å². The van der Waals surface area contributed by atoms with Gasteiger partial charge in [0.15, 0.2) is 0 Å². The van der Waals surface area contributed by atoms with E-state index in [1.54, 1.807) is 0 Å². The van der Waals surface area contributed by atoms with E-state index in [0.29, 0.717) is 5.75 Å². The fraction of sp³-hybridized carbons (Fsp3) is 0.417. The average Bonchev–Trinajstić information content (AvgIpc) is 3.09. The number of thioether (sulfide) groups is 1.